The van der Waals surface area contributed by atoms with Crippen LogP contribution in [0.3, 0.4) is 0 Å². The molecule has 6 heteroatoms. The summed E-state index contributed by atoms with van der Waals surface area (Å²) in [5.41, 5.74) is 0.225. The lowest BCUT2D eigenvalue weighted by molar-refractivity contribution is -0.695. The van der Waals surface area contributed by atoms with Gasteiger partial charge in [-0.25, -0.2) is 9.13 Å². The summed E-state index contributed by atoms with van der Waals surface area (Å²) in [6.07, 6.45) is 3.79. The van der Waals surface area contributed by atoms with Crippen LogP contribution < -0.4 is 14.4 Å². The van der Waals surface area contributed by atoms with Gasteiger partial charge in [0.15, 0.2) is 0 Å². The highest BCUT2D eigenvalue weighted by molar-refractivity contribution is 7.10. The molecule has 0 bridgehead atoms. The van der Waals surface area contributed by atoms with Crippen LogP contribution in [0.1, 0.15) is 16.3 Å². The van der Waals surface area contributed by atoms with Gasteiger partial charge in [0.25, 0.3) is 5.82 Å². The van der Waals surface area contributed by atoms with E-state index in [1.165, 1.54) is 11.3 Å². The molecule has 0 amide bonds. The summed E-state index contributed by atoms with van der Waals surface area (Å²) in [6, 6.07) is 20.9. The zero-order valence-corrected chi connectivity index (χ0v) is 18.0. The maximum absolute atomic E-state index is 14.9. The van der Waals surface area contributed by atoms with Gasteiger partial charge in [-0.15, -0.1) is 11.3 Å². The number of nitrogens with zero attached hydrogens (tertiary/aromatic N) is 3. The van der Waals surface area contributed by atoms with Crippen LogP contribution in [0, 0.1) is 0 Å². The predicted molar refractivity (Wildman–Crippen MR) is 117 cm³/mol. The summed E-state index contributed by atoms with van der Waals surface area (Å²) < 4.78 is 9.05. The molecular formula is C24H23N3O2S. The van der Waals surface area contributed by atoms with Gasteiger partial charge in [0.05, 0.1) is 38.2 Å². The van der Waals surface area contributed by atoms with Gasteiger partial charge in [0.1, 0.15) is 18.1 Å². The number of hydrogen-bond donors (Lipinski definition) is 0. The number of para-hydroxylation sites is 1. The Morgan fingerprint density at radius 3 is 2.37 bits per heavy atom. The predicted octanol–water partition coefficient (Wildman–Crippen LogP) is 3.34. The van der Waals surface area contributed by atoms with Gasteiger partial charge >= 0.3 is 0 Å². The lowest BCUT2D eigenvalue weighted by Gasteiger charge is -2.37. The zero-order chi connectivity index (χ0) is 21.1. The lowest BCUT2D eigenvalue weighted by Crippen LogP contribution is -2.57. The van der Waals surface area contributed by atoms with E-state index in [0.717, 1.165) is 17.0 Å². The van der Waals surface area contributed by atoms with Crippen molar-refractivity contribution >= 4 is 22.7 Å². The van der Waals surface area contributed by atoms with E-state index in [9.17, 15) is 5.11 Å². The highest BCUT2D eigenvalue weighted by Gasteiger charge is 2.39. The largest absolute Gasteiger partial charge is 0.832 e. The summed E-state index contributed by atoms with van der Waals surface area (Å²) in [4.78, 5) is 5.58. The smallest absolute Gasteiger partial charge is 0.256 e. The van der Waals surface area contributed by atoms with E-state index in [0.29, 0.717) is 16.4 Å². The third kappa shape index (κ3) is 3.56. The first kappa shape index (κ1) is 20.1. The molecule has 4 rings (SSSR count). The Balaban J connectivity index is 2.02. The molecule has 152 valence electrons. The second kappa shape index (κ2) is 8.26. The topological polar surface area (TPSA) is 53.5 Å². The molecule has 0 saturated carbocycles. The molecule has 0 N–H and O–H groups in total. The molecule has 4 aromatic rings. The Bertz CT molecular complexity index is 1130. The fraction of sp³-hybridized carbons (Fsp3) is 0.167. The van der Waals surface area contributed by atoms with E-state index in [1.807, 2.05) is 108 Å². The van der Waals surface area contributed by atoms with Gasteiger partial charge in [-0.05, 0) is 53.4 Å². The maximum atomic E-state index is 14.9. The van der Waals surface area contributed by atoms with Crippen LogP contribution in [0.5, 0.6) is 5.75 Å². The standard InChI is InChI=1S/C24H23N3O2S/c1-26-15-16-27(2)23(26)24(28,21-10-7-17-30-21)22(25-19-8-5-4-6-9-19)18-11-13-20(29-3)14-12-18/h4-17H,1-3H3. The number of hydrogen-bond acceptors (Lipinski definition) is 4. The molecule has 0 saturated heterocycles. The number of rotatable bonds is 6. The first-order valence-electron chi connectivity index (χ1n) is 9.58. The SMILES string of the molecule is COc1ccc(C(=Nc2ccccc2)C([O-])(c2cccs2)c2n(C)cc[n+]2C)cc1. The summed E-state index contributed by atoms with van der Waals surface area (Å²) in [6.45, 7) is 0. The van der Waals surface area contributed by atoms with E-state index in [1.54, 1.807) is 7.11 Å². The van der Waals surface area contributed by atoms with E-state index in [4.69, 9.17) is 9.73 Å². The van der Waals surface area contributed by atoms with Gasteiger partial charge in [-0.1, -0.05) is 24.3 Å². The quantitative estimate of drug-likeness (QED) is 0.357. The van der Waals surface area contributed by atoms with E-state index >= 15 is 0 Å². The number of ether oxygens (including phenoxy) is 1. The molecule has 0 spiro atoms. The Kier molecular flexibility index (Phi) is 5.53. The molecule has 1 unspecified atom stereocenters. The zero-order valence-electron chi connectivity index (χ0n) is 17.1. The summed E-state index contributed by atoms with van der Waals surface area (Å²) >= 11 is 1.44. The van der Waals surface area contributed by atoms with Crippen molar-refractivity contribution in [3.63, 3.8) is 0 Å². The van der Waals surface area contributed by atoms with Crippen molar-refractivity contribution in [1.82, 2.24) is 4.57 Å². The van der Waals surface area contributed by atoms with Crippen molar-refractivity contribution in [1.29, 1.82) is 0 Å². The molecule has 0 aliphatic heterocycles. The fourth-order valence-electron chi connectivity index (χ4n) is 3.63. The number of imidazole rings is 1. The summed E-state index contributed by atoms with van der Waals surface area (Å²) in [5, 5.41) is 16.9. The Hall–Kier alpha value is -3.22. The molecule has 2 heterocycles. The minimum Gasteiger partial charge on any atom is -0.832 e. The third-order valence-corrected chi connectivity index (χ3v) is 6.03. The highest BCUT2D eigenvalue weighted by atomic mass is 32.1. The molecule has 0 aliphatic rings. The van der Waals surface area contributed by atoms with Gasteiger partial charge in [-0.2, -0.15) is 0 Å². The van der Waals surface area contributed by atoms with Crippen molar-refractivity contribution in [3.8, 4) is 5.75 Å². The lowest BCUT2D eigenvalue weighted by atomic mass is 9.88. The summed E-state index contributed by atoms with van der Waals surface area (Å²) in [7, 11) is 5.41. The van der Waals surface area contributed by atoms with Gasteiger partial charge in [0, 0.05) is 4.88 Å². The molecule has 2 aromatic heterocycles. The molecule has 30 heavy (non-hydrogen) atoms. The first-order valence-corrected chi connectivity index (χ1v) is 10.5. The minimum atomic E-state index is -1.70. The fourth-order valence-corrected chi connectivity index (χ4v) is 4.44. The molecule has 2 aromatic carbocycles. The van der Waals surface area contributed by atoms with Crippen LogP contribution >= 0.6 is 11.3 Å². The van der Waals surface area contributed by atoms with Crippen LogP contribution in [-0.4, -0.2) is 17.4 Å². The monoisotopic (exact) mass is 417 g/mol. The number of benzene rings is 2. The Labute approximate surface area is 180 Å². The van der Waals surface area contributed by atoms with Crippen LogP contribution in [-0.2, 0) is 19.7 Å². The van der Waals surface area contributed by atoms with Crippen LogP contribution in [0.4, 0.5) is 5.69 Å². The summed E-state index contributed by atoms with van der Waals surface area (Å²) in [5.74, 6) is 1.34. The highest BCUT2D eigenvalue weighted by Crippen LogP contribution is 2.34. The normalized spacial score (nSPS) is 13.8. The molecule has 0 fully saturated rings. The molecule has 1 atom stereocenters. The minimum absolute atomic E-state index is 0.441. The van der Waals surface area contributed by atoms with E-state index in [2.05, 4.69) is 0 Å². The number of methoxy groups -OCH3 is 1. The molecular weight excluding hydrogens is 394 g/mol. The van der Waals surface area contributed by atoms with Crippen molar-refractivity contribution in [2.24, 2.45) is 19.1 Å². The van der Waals surface area contributed by atoms with Crippen molar-refractivity contribution in [3.05, 3.63) is 101 Å². The average Bonchev–Trinajstić information content (AvgIpc) is 3.43. The van der Waals surface area contributed by atoms with Gasteiger partial charge in [0.2, 0.25) is 0 Å². The van der Waals surface area contributed by atoms with Crippen LogP contribution in [0.2, 0.25) is 0 Å². The van der Waals surface area contributed by atoms with Crippen molar-refractivity contribution in [2.45, 2.75) is 5.60 Å². The average molecular weight is 418 g/mol. The number of aromatic nitrogens is 2. The third-order valence-electron chi connectivity index (χ3n) is 5.06. The maximum Gasteiger partial charge on any atom is 0.256 e. The van der Waals surface area contributed by atoms with Gasteiger partial charge in [-0.3, -0.25) is 4.99 Å². The molecule has 0 radical (unpaired) electrons. The number of aryl methyl sites for hydroxylation is 2. The van der Waals surface area contributed by atoms with E-state index < -0.39 is 5.60 Å². The number of thiophene rings is 1. The van der Waals surface area contributed by atoms with Crippen LogP contribution in [0.15, 0.2) is 89.5 Å². The second-order valence-corrected chi connectivity index (χ2v) is 7.97. The molecule has 5 nitrogen and oxygen atoms in total. The van der Waals surface area contributed by atoms with E-state index in [-0.39, 0.29) is 0 Å². The van der Waals surface area contributed by atoms with Crippen molar-refractivity contribution in [2.75, 3.05) is 7.11 Å². The first-order chi connectivity index (χ1) is 14.5. The number of aliphatic imine (C=N–C) groups is 1. The Morgan fingerprint density at radius 1 is 1.07 bits per heavy atom. The van der Waals surface area contributed by atoms with Crippen LogP contribution in [0.25, 0.3) is 0 Å². The Morgan fingerprint density at radius 2 is 1.80 bits per heavy atom. The molecule has 0 aliphatic carbocycles. The van der Waals surface area contributed by atoms with Gasteiger partial charge < -0.3 is 9.84 Å². The second-order valence-electron chi connectivity index (χ2n) is 7.03. The van der Waals surface area contributed by atoms with Crippen molar-refractivity contribution < 1.29 is 14.4 Å².